The second-order valence-electron chi connectivity index (χ2n) is 9.60. The van der Waals surface area contributed by atoms with Gasteiger partial charge in [0, 0.05) is 0 Å². The van der Waals surface area contributed by atoms with Crippen LogP contribution >= 0.6 is 0 Å². The molecule has 0 aromatic heterocycles. The molecular weight excluding hydrogens is 437 g/mol. The van der Waals surface area contributed by atoms with Crippen molar-refractivity contribution in [3.8, 4) is 0 Å². The van der Waals surface area contributed by atoms with Crippen LogP contribution in [0.3, 0.4) is 0 Å². The van der Waals surface area contributed by atoms with Crippen molar-refractivity contribution in [1.82, 2.24) is 3.80 Å². The van der Waals surface area contributed by atoms with Crippen LogP contribution in [0.25, 0.3) is 0 Å². The summed E-state index contributed by atoms with van der Waals surface area (Å²) in [4.78, 5) is 13.3. The minimum Gasteiger partial charge on any atom is -1.00 e. The smallest absolute Gasteiger partial charge is 1.00 e. The molecule has 1 heterocycles. The third-order valence-electron chi connectivity index (χ3n) is 7.74. The molecule has 2 nitrogen and oxygen atoms in total. The number of rotatable bonds is 3. The van der Waals surface area contributed by atoms with Crippen molar-refractivity contribution >= 4 is 5.91 Å². The second kappa shape index (κ2) is 12.3. The van der Waals surface area contributed by atoms with Crippen LogP contribution in [0.2, 0.25) is 9.45 Å². The van der Waals surface area contributed by atoms with Crippen molar-refractivity contribution in [1.29, 1.82) is 0 Å². The summed E-state index contributed by atoms with van der Waals surface area (Å²) in [6.07, 6.45) is 14.3. The van der Waals surface area contributed by atoms with Crippen LogP contribution < -0.4 is 28.6 Å². The number of amides is 1. The zero-order chi connectivity index (χ0) is 19.4. The molecule has 1 N–H and O–H groups in total. The van der Waals surface area contributed by atoms with Crippen LogP contribution in [0.1, 0.15) is 98.3 Å². The molecule has 1 amide bonds. The Kier molecular flexibility index (Phi) is 11.6. The molecule has 0 aromatic rings. The Balaban J connectivity index is 0.00000210. The Morgan fingerprint density at radius 3 is 1.62 bits per heavy atom. The van der Waals surface area contributed by atoms with Crippen molar-refractivity contribution in [3.05, 3.63) is 20.6 Å². The van der Waals surface area contributed by atoms with Gasteiger partial charge in [-0.25, -0.2) is 0 Å². The van der Waals surface area contributed by atoms with E-state index in [1.54, 1.807) is 9.45 Å². The van der Waals surface area contributed by atoms with Crippen LogP contribution in [-0.2, 0) is 21.6 Å². The van der Waals surface area contributed by atoms with E-state index in [9.17, 15) is 4.79 Å². The molecule has 1 unspecified atom stereocenters. The summed E-state index contributed by atoms with van der Waals surface area (Å²) in [5.74, 6) is 1.28. The number of hydrogen-bond acceptors (Lipinski definition) is 1. The van der Waals surface area contributed by atoms with Gasteiger partial charge in [-0.3, -0.25) is 0 Å². The van der Waals surface area contributed by atoms with E-state index in [1.807, 2.05) is 0 Å². The van der Waals surface area contributed by atoms with Gasteiger partial charge < -0.3 is 24.8 Å². The van der Waals surface area contributed by atoms with Crippen LogP contribution in [0, 0.1) is 11.8 Å². The van der Waals surface area contributed by atoms with E-state index in [0.717, 1.165) is 12.8 Å². The summed E-state index contributed by atoms with van der Waals surface area (Å²) in [7, 11) is 0. The Morgan fingerprint density at radius 2 is 1.24 bits per heavy atom. The van der Waals surface area contributed by atoms with Gasteiger partial charge >= 0.3 is 172 Å². The SMILES string of the molecule is CC1=C(C)C(C)[C]([Ti+2]2([NH]C(=O)C3CCCCCCCCCCC3)[CH2][CH2]2)=C1C.[Cl-].[Cl-]. The summed E-state index contributed by atoms with van der Waals surface area (Å²) in [6, 6.07) is 0. The fourth-order valence-electron chi connectivity index (χ4n) is 5.49. The summed E-state index contributed by atoms with van der Waals surface area (Å²) in [5.41, 5.74) is 4.56. The van der Waals surface area contributed by atoms with Gasteiger partial charge in [-0.2, -0.15) is 0 Å². The zero-order valence-electron chi connectivity index (χ0n) is 19.0. The minimum atomic E-state index is -2.30. The van der Waals surface area contributed by atoms with E-state index in [2.05, 4.69) is 31.5 Å². The molecule has 3 rings (SSSR count). The Hall–Kier alpha value is 0.244. The first-order valence-corrected chi connectivity index (χ1v) is 15.4. The molecule has 5 heteroatoms. The van der Waals surface area contributed by atoms with E-state index in [1.165, 1.54) is 78.4 Å². The molecule has 0 bridgehead atoms. The number of allylic oxidation sites excluding steroid dienone is 4. The average Bonchev–Trinajstić information content (AvgIpc) is 3.36. The number of nitrogens with one attached hydrogen (secondary N) is 1. The standard InChI is InChI=1S/C13H25NO.C9H13.C2H4.2ClH.Ti/c14-13(15)12-10-8-6-4-2-1-3-5-7-9-11-12;1-6-5-7(2)9(4)8(6)3;1-2;;;/h12H,1-11H2,(H2,14,15);6H,1-4H3;1-2H2;2*1H;/q;;;;;+3/p-3. The maximum absolute atomic E-state index is 13.3. The predicted octanol–water partition coefficient (Wildman–Crippen LogP) is 1.21. The Bertz CT molecular complexity index is 612. The molecule has 1 saturated carbocycles. The van der Waals surface area contributed by atoms with E-state index in [4.69, 9.17) is 0 Å². The van der Waals surface area contributed by atoms with Crippen LogP contribution in [0.5, 0.6) is 0 Å². The summed E-state index contributed by atoms with van der Waals surface area (Å²) in [6.45, 7) is 9.26. The Labute approximate surface area is 195 Å². The van der Waals surface area contributed by atoms with E-state index >= 15 is 0 Å². The molecule has 3 aliphatic rings. The first-order valence-electron chi connectivity index (χ1n) is 11.7. The van der Waals surface area contributed by atoms with Gasteiger partial charge in [0.25, 0.3) is 0 Å². The third-order valence-corrected chi connectivity index (χ3v) is 14.1. The molecule has 1 aliphatic heterocycles. The van der Waals surface area contributed by atoms with Crippen molar-refractivity contribution < 1.29 is 46.5 Å². The van der Waals surface area contributed by atoms with Crippen molar-refractivity contribution in [3.63, 3.8) is 0 Å². The van der Waals surface area contributed by atoms with Crippen molar-refractivity contribution in [2.45, 2.75) is 108 Å². The van der Waals surface area contributed by atoms with Gasteiger partial charge in [0.15, 0.2) is 0 Å². The molecule has 2 fully saturated rings. The van der Waals surface area contributed by atoms with E-state index < -0.39 is 16.8 Å². The number of carbonyl (C=O) groups is 1. The Morgan fingerprint density at radius 1 is 0.793 bits per heavy atom. The fraction of sp³-hybridized carbons (Fsp3) is 0.792. The molecule has 1 saturated heterocycles. The van der Waals surface area contributed by atoms with Gasteiger partial charge in [-0.15, -0.1) is 0 Å². The van der Waals surface area contributed by atoms with E-state index in [0.29, 0.717) is 11.8 Å². The fourth-order valence-corrected chi connectivity index (χ4v) is 13.0. The molecule has 29 heavy (non-hydrogen) atoms. The van der Waals surface area contributed by atoms with Gasteiger partial charge in [-0.05, 0) is 0 Å². The molecule has 0 spiro atoms. The second-order valence-corrected chi connectivity index (χ2v) is 15.8. The molecule has 0 aromatic carbocycles. The van der Waals surface area contributed by atoms with E-state index in [-0.39, 0.29) is 30.7 Å². The van der Waals surface area contributed by atoms with Gasteiger partial charge in [-0.1, -0.05) is 0 Å². The zero-order valence-corrected chi connectivity index (χ0v) is 22.1. The summed E-state index contributed by atoms with van der Waals surface area (Å²) < 4.78 is 8.09. The number of carbonyl (C=O) groups excluding carboxylic acids is 1. The largest absolute Gasteiger partial charge is 1.00 e. The molecule has 0 radical (unpaired) electrons. The van der Waals surface area contributed by atoms with Gasteiger partial charge in [0.1, 0.15) is 0 Å². The normalized spacial score (nSPS) is 24.9. The predicted molar refractivity (Wildman–Crippen MR) is 112 cm³/mol. The summed E-state index contributed by atoms with van der Waals surface area (Å²) >= 11 is -2.30. The van der Waals surface area contributed by atoms with Crippen LogP contribution in [-0.4, -0.2) is 5.91 Å². The van der Waals surface area contributed by atoms with Crippen LogP contribution in [0.15, 0.2) is 20.6 Å². The maximum atomic E-state index is 13.3. The summed E-state index contributed by atoms with van der Waals surface area (Å²) in [5, 5.41) is 0. The first kappa shape index (κ1) is 27.3. The maximum Gasteiger partial charge on any atom is -1.00 e. The average molecular weight is 478 g/mol. The molecule has 2 aliphatic carbocycles. The number of hydrogen-bond donors (Lipinski definition) is 1. The van der Waals surface area contributed by atoms with Crippen LogP contribution in [0.4, 0.5) is 0 Å². The minimum absolute atomic E-state index is 0. The van der Waals surface area contributed by atoms with Crippen molar-refractivity contribution in [2.24, 2.45) is 11.8 Å². The number of halogens is 2. The molecular formula is C24H41Cl2NOTi. The first-order chi connectivity index (χ1) is 13.0. The van der Waals surface area contributed by atoms with Gasteiger partial charge in [0.2, 0.25) is 0 Å². The topological polar surface area (TPSA) is 29.1 Å². The molecule has 1 atom stereocenters. The van der Waals surface area contributed by atoms with Crippen molar-refractivity contribution in [2.75, 3.05) is 0 Å². The molecule has 166 valence electrons. The van der Waals surface area contributed by atoms with Gasteiger partial charge in [0.05, 0.1) is 0 Å². The monoisotopic (exact) mass is 477 g/mol. The third kappa shape index (κ3) is 6.61. The quantitative estimate of drug-likeness (QED) is 0.608.